The SMILES string of the molecule is CCCCCCCCCOCCCOC(=O)C(CC(=O)O)S(=O)(=O)O. The van der Waals surface area contributed by atoms with Crippen molar-refractivity contribution >= 4 is 22.1 Å². The summed E-state index contributed by atoms with van der Waals surface area (Å²) in [6.07, 6.45) is 7.64. The summed E-state index contributed by atoms with van der Waals surface area (Å²) >= 11 is 0. The molecule has 0 fully saturated rings. The molecule has 0 saturated carbocycles. The van der Waals surface area contributed by atoms with Crippen LogP contribution in [0.15, 0.2) is 0 Å². The summed E-state index contributed by atoms with van der Waals surface area (Å²) in [5.41, 5.74) is 0. The highest BCUT2D eigenvalue weighted by atomic mass is 32.2. The van der Waals surface area contributed by atoms with Crippen molar-refractivity contribution in [2.75, 3.05) is 19.8 Å². The number of esters is 1. The van der Waals surface area contributed by atoms with Crippen LogP contribution < -0.4 is 0 Å². The molecule has 0 aromatic rings. The molecule has 0 aromatic carbocycles. The summed E-state index contributed by atoms with van der Waals surface area (Å²) in [4.78, 5) is 22.1. The average Bonchev–Trinajstić information content (AvgIpc) is 2.52. The van der Waals surface area contributed by atoms with E-state index >= 15 is 0 Å². The Kier molecular flexibility index (Phi) is 13.4. The molecule has 1 unspecified atom stereocenters. The van der Waals surface area contributed by atoms with Crippen molar-refractivity contribution < 1.29 is 37.1 Å². The number of ether oxygens (including phenoxy) is 2. The Bertz CT molecular complexity index is 475. The van der Waals surface area contributed by atoms with Crippen molar-refractivity contribution in [3.05, 3.63) is 0 Å². The molecule has 0 saturated heterocycles. The van der Waals surface area contributed by atoms with E-state index in [1.54, 1.807) is 0 Å². The highest BCUT2D eigenvalue weighted by Crippen LogP contribution is 2.08. The summed E-state index contributed by atoms with van der Waals surface area (Å²) in [7, 11) is -4.81. The Morgan fingerprint density at radius 3 is 2.04 bits per heavy atom. The molecule has 9 heteroatoms. The number of aliphatic carboxylic acids is 1. The monoisotopic (exact) mass is 382 g/mol. The standard InChI is InChI=1S/C16H30O8S/c1-2-3-4-5-6-7-8-10-23-11-9-12-24-16(19)14(13-15(17)18)25(20,21)22/h14H,2-13H2,1H3,(H,17,18)(H,20,21,22). The lowest BCUT2D eigenvalue weighted by Crippen LogP contribution is -2.34. The predicted molar refractivity (Wildman–Crippen MR) is 92.0 cm³/mol. The molecular weight excluding hydrogens is 352 g/mol. The van der Waals surface area contributed by atoms with Gasteiger partial charge in [-0.25, -0.2) is 0 Å². The zero-order chi connectivity index (χ0) is 19.1. The van der Waals surface area contributed by atoms with Gasteiger partial charge in [0.25, 0.3) is 10.1 Å². The Hall–Kier alpha value is -1.19. The van der Waals surface area contributed by atoms with Gasteiger partial charge < -0.3 is 14.6 Å². The second-order valence-corrected chi connectivity index (χ2v) is 7.46. The van der Waals surface area contributed by atoms with Gasteiger partial charge in [-0.1, -0.05) is 45.4 Å². The van der Waals surface area contributed by atoms with E-state index in [1.807, 2.05) is 0 Å². The number of unbranched alkanes of at least 4 members (excludes halogenated alkanes) is 6. The molecule has 0 aliphatic heterocycles. The Balaban J connectivity index is 3.69. The summed E-state index contributed by atoms with van der Waals surface area (Å²) in [5.74, 6) is -2.78. The van der Waals surface area contributed by atoms with E-state index in [0.29, 0.717) is 19.6 Å². The van der Waals surface area contributed by atoms with E-state index in [-0.39, 0.29) is 6.61 Å². The fourth-order valence-electron chi connectivity index (χ4n) is 2.16. The van der Waals surface area contributed by atoms with E-state index in [4.69, 9.17) is 19.1 Å². The molecule has 0 aromatic heterocycles. The lowest BCUT2D eigenvalue weighted by Gasteiger charge is -2.11. The number of carbonyl (C=O) groups excluding carboxylic acids is 1. The molecule has 0 radical (unpaired) electrons. The van der Waals surface area contributed by atoms with Gasteiger partial charge in [-0.05, 0) is 6.42 Å². The first-order chi connectivity index (χ1) is 11.8. The van der Waals surface area contributed by atoms with Crippen LogP contribution in [0.5, 0.6) is 0 Å². The normalized spacial score (nSPS) is 12.7. The van der Waals surface area contributed by atoms with E-state index in [2.05, 4.69) is 6.92 Å². The van der Waals surface area contributed by atoms with Crippen molar-refractivity contribution in [2.45, 2.75) is 70.0 Å². The predicted octanol–water partition coefficient (Wildman–Crippen LogP) is 2.42. The molecule has 0 spiro atoms. The van der Waals surface area contributed by atoms with E-state index in [1.165, 1.54) is 32.1 Å². The number of hydrogen-bond acceptors (Lipinski definition) is 6. The van der Waals surface area contributed by atoms with Gasteiger partial charge in [0.2, 0.25) is 0 Å². The summed E-state index contributed by atoms with van der Waals surface area (Å²) < 4.78 is 40.9. The average molecular weight is 382 g/mol. The molecular formula is C16H30O8S. The minimum atomic E-state index is -4.81. The number of carboxylic acids is 1. The van der Waals surface area contributed by atoms with Gasteiger partial charge in [-0.15, -0.1) is 0 Å². The topological polar surface area (TPSA) is 127 Å². The third kappa shape index (κ3) is 13.7. The zero-order valence-electron chi connectivity index (χ0n) is 14.8. The third-order valence-electron chi connectivity index (χ3n) is 3.55. The van der Waals surface area contributed by atoms with Gasteiger partial charge >= 0.3 is 11.9 Å². The highest BCUT2D eigenvalue weighted by Gasteiger charge is 2.34. The van der Waals surface area contributed by atoms with Crippen molar-refractivity contribution in [1.29, 1.82) is 0 Å². The zero-order valence-corrected chi connectivity index (χ0v) is 15.6. The summed E-state index contributed by atoms with van der Waals surface area (Å²) in [6, 6.07) is 0. The summed E-state index contributed by atoms with van der Waals surface area (Å²) in [5, 5.41) is 6.47. The molecule has 0 aliphatic carbocycles. The highest BCUT2D eigenvalue weighted by molar-refractivity contribution is 7.87. The van der Waals surface area contributed by atoms with Crippen LogP contribution in [0.3, 0.4) is 0 Å². The minimum absolute atomic E-state index is 0.0957. The van der Waals surface area contributed by atoms with E-state index in [0.717, 1.165) is 12.8 Å². The van der Waals surface area contributed by atoms with Gasteiger partial charge in [0, 0.05) is 19.6 Å². The number of rotatable bonds is 16. The first kappa shape index (κ1) is 23.8. The van der Waals surface area contributed by atoms with E-state index < -0.39 is 33.7 Å². The van der Waals surface area contributed by atoms with Crippen LogP contribution in [-0.4, -0.2) is 55.1 Å². The van der Waals surface area contributed by atoms with E-state index in [9.17, 15) is 18.0 Å². The summed E-state index contributed by atoms with van der Waals surface area (Å²) in [6.45, 7) is 3.06. The molecule has 2 N–H and O–H groups in total. The maximum atomic E-state index is 11.5. The maximum Gasteiger partial charge on any atom is 0.327 e. The molecule has 0 rings (SSSR count). The molecule has 0 bridgehead atoms. The lowest BCUT2D eigenvalue weighted by atomic mass is 10.1. The maximum absolute atomic E-state index is 11.5. The van der Waals surface area contributed by atoms with Crippen molar-refractivity contribution in [1.82, 2.24) is 0 Å². The third-order valence-corrected chi connectivity index (χ3v) is 4.63. The van der Waals surface area contributed by atoms with Gasteiger partial charge in [-0.3, -0.25) is 14.1 Å². The molecule has 1 atom stereocenters. The largest absolute Gasteiger partial charge is 0.481 e. The number of hydrogen-bond donors (Lipinski definition) is 2. The molecule has 0 heterocycles. The molecule has 148 valence electrons. The second kappa shape index (κ2) is 14.0. The van der Waals surface area contributed by atoms with Crippen LogP contribution in [0.4, 0.5) is 0 Å². The van der Waals surface area contributed by atoms with Crippen molar-refractivity contribution in [2.24, 2.45) is 0 Å². The first-order valence-electron chi connectivity index (χ1n) is 8.71. The fourth-order valence-corrected chi connectivity index (χ4v) is 2.82. The van der Waals surface area contributed by atoms with Crippen LogP contribution in [0, 0.1) is 0 Å². The van der Waals surface area contributed by atoms with Crippen molar-refractivity contribution in [3.63, 3.8) is 0 Å². The Morgan fingerprint density at radius 2 is 1.48 bits per heavy atom. The van der Waals surface area contributed by atoms with Crippen LogP contribution in [0.2, 0.25) is 0 Å². The van der Waals surface area contributed by atoms with Crippen LogP contribution in [0.1, 0.15) is 64.7 Å². The first-order valence-corrected chi connectivity index (χ1v) is 10.2. The number of carbonyl (C=O) groups is 2. The van der Waals surface area contributed by atoms with Crippen molar-refractivity contribution in [3.8, 4) is 0 Å². The smallest absolute Gasteiger partial charge is 0.327 e. The van der Waals surface area contributed by atoms with Gasteiger partial charge in [0.05, 0.1) is 13.0 Å². The minimum Gasteiger partial charge on any atom is -0.481 e. The van der Waals surface area contributed by atoms with Crippen LogP contribution >= 0.6 is 0 Å². The Labute approximate surface area is 149 Å². The van der Waals surface area contributed by atoms with Gasteiger partial charge in [0.15, 0.2) is 5.25 Å². The fraction of sp³-hybridized carbons (Fsp3) is 0.875. The van der Waals surface area contributed by atoms with Crippen LogP contribution in [-0.2, 0) is 29.2 Å². The molecule has 25 heavy (non-hydrogen) atoms. The molecule has 0 amide bonds. The second-order valence-electron chi connectivity index (χ2n) is 5.86. The van der Waals surface area contributed by atoms with Gasteiger partial charge in [-0.2, -0.15) is 8.42 Å². The molecule has 0 aliphatic rings. The quantitative estimate of drug-likeness (QED) is 0.237. The Morgan fingerprint density at radius 1 is 0.920 bits per heavy atom. The number of carboxylic acid groups (broad SMARTS) is 1. The molecule has 8 nitrogen and oxygen atoms in total. The van der Waals surface area contributed by atoms with Crippen LogP contribution in [0.25, 0.3) is 0 Å². The van der Waals surface area contributed by atoms with Gasteiger partial charge in [0.1, 0.15) is 0 Å². The lowest BCUT2D eigenvalue weighted by molar-refractivity contribution is -0.147.